The number of phenolic OH excluding ortho intramolecular Hbond substituents is 1. The first-order chi connectivity index (χ1) is 19.0. The van der Waals surface area contributed by atoms with Crippen LogP contribution < -0.4 is 9.64 Å². The third-order valence-corrected chi connectivity index (χ3v) is 7.13. The Balaban J connectivity index is 1.42. The van der Waals surface area contributed by atoms with Crippen molar-refractivity contribution in [3.05, 3.63) is 82.2 Å². The maximum atomic E-state index is 13.7. The van der Waals surface area contributed by atoms with E-state index >= 15 is 0 Å². The highest BCUT2D eigenvalue weighted by Gasteiger charge is 2.42. The average Bonchev–Trinajstić information content (AvgIpc) is 3.03. The molecular weight excluding hydrogens is 539 g/mol. The lowest BCUT2D eigenvalue weighted by Crippen LogP contribution is -2.35. The monoisotopic (exact) mass is 570 g/mol. The van der Waals surface area contributed by atoms with E-state index in [1.807, 2.05) is 33.0 Å². The molecule has 1 saturated heterocycles. The van der Waals surface area contributed by atoms with Gasteiger partial charge in [0.2, 0.25) is 0 Å². The molecule has 40 heavy (non-hydrogen) atoms. The molecule has 1 fully saturated rings. The van der Waals surface area contributed by atoms with Gasteiger partial charge in [-0.2, -0.15) is 0 Å². The van der Waals surface area contributed by atoms with Crippen molar-refractivity contribution in [2.75, 3.05) is 31.6 Å². The standard InChI is InChI=1S/C30H32ClFN2O6/c1-4-39-26-15-19(14-25(35)27(26)20-6-5-7-21(32)9-8-20)17-33(3)13-12-30(2)18-34(29(38)40-30)22-10-11-23(28(36)37)24(31)16-22/h6-11,14-16,35H,4-5,12-13,17-18H2,1-3H3,(H,36,37). The number of benzene rings is 2. The van der Waals surface area contributed by atoms with E-state index < -0.39 is 17.7 Å². The molecule has 8 nitrogen and oxygen atoms in total. The first-order valence-electron chi connectivity index (χ1n) is 12.9. The number of hydrogen-bond acceptors (Lipinski definition) is 6. The third kappa shape index (κ3) is 6.66. The van der Waals surface area contributed by atoms with Gasteiger partial charge in [0.1, 0.15) is 22.9 Å². The van der Waals surface area contributed by atoms with Crippen molar-refractivity contribution in [2.24, 2.45) is 0 Å². The number of ether oxygens (including phenoxy) is 2. The van der Waals surface area contributed by atoms with E-state index in [1.165, 1.54) is 35.3 Å². The van der Waals surface area contributed by atoms with Gasteiger partial charge in [-0.25, -0.2) is 14.0 Å². The molecule has 212 valence electrons. The number of phenols is 1. The lowest BCUT2D eigenvalue weighted by atomic mass is 9.99. The van der Waals surface area contributed by atoms with Gasteiger partial charge >= 0.3 is 12.1 Å². The van der Waals surface area contributed by atoms with E-state index in [-0.39, 0.29) is 28.7 Å². The van der Waals surface area contributed by atoms with E-state index in [0.717, 1.165) is 5.56 Å². The second kappa shape index (κ2) is 12.1. The van der Waals surface area contributed by atoms with Gasteiger partial charge in [0.15, 0.2) is 0 Å². The van der Waals surface area contributed by atoms with Crippen LogP contribution in [0.3, 0.4) is 0 Å². The number of cyclic esters (lactones) is 1. The predicted molar refractivity (Wildman–Crippen MR) is 152 cm³/mol. The maximum absolute atomic E-state index is 13.7. The highest BCUT2D eigenvalue weighted by Crippen LogP contribution is 2.38. The summed E-state index contributed by atoms with van der Waals surface area (Å²) < 4.78 is 25.2. The number of anilines is 1. The van der Waals surface area contributed by atoms with Crippen molar-refractivity contribution in [1.29, 1.82) is 0 Å². The van der Waals surface area contributed by atoms with Gasteiger partial charge in [-0.3, -0.25) is 4.90 Å². The quantitative estimate of drug-likeness (QED) is 0.333. The van der Waals surface area contributed by atoms with Crippen LogP contribution >= 0.6 is 11.6 Å². The second-order valence-corrected chi connectivity index (χ2v) is 10.5. The van der Waals surface area contributed by atoms with Gasteiger partial charge in [-0.05, 0) is 80.9 Å². The molecule has 0 aromatic heterocycles. The summed E-state index contributed by atoms with van der Waals surface area (Å²) in [5, 5.41) is 20.2. The van der Waals surface area contributed by atoms with Crippen LogP contribution in [-0.4, -0.2) is 59.5 Å². The first kappa shape index (κ1) is 29.2. The van der Waals surface area contributed by atoms with Crippen molar-refractivity contribution in [3.63, 3.8) is 0 Å². The van der Waals surface area contributed by atoms with Gasteiger partial charge in [0.25, 0.3) is 0 Å². The number of carbonyl (C=O) groups is 2. The van der Waals surface area contributed by atoms with Crippen LogP contribution in [-0.2, 0) is 11.3 Å². The van der Waals surface area contributed by atoms with E-state index in [1.54, 1.807) is 12.1 Å². The molecule has 1 aliphatic heterocycles. The summed E-state index contributed by atoms with van der Waals surface area (Å²) in [4.78, 5) is 27.4. The normalized spacial score (nSPS) is 18.9. The zero-order chi connectivity index (χ0) is 29.0. The van der Waals surface area contributed by atoms with E-state index in [0.29, 0.717) is 55.1 Å². The number of aromatic carboxylic acids is 1. The summed E-state index contributed by atoms with van der Waals surface area (Å²) in [6.45, 7) is 5.48. The largest absolute Gasteiger partial charge is 0.507 e. The summed E-state index contributed by atoms with van der Waals surface area (Å²) in [5.74, 6) is -0.904. The lowest BCUT2D eigenvalue weighted by Gasteiger charge is -2.26. The van der Waals surface area contributed by atoms with Gasteiger partial charge in [0.05, 0.1) is 29.3 Å². The molecule has 1 heterocycles. The summed E-state index contributed by atoms with van der Waals surface area (Å²) in [6.07, 6.45) is 6.72. The summed E-state index contributed by atoms with van der Waals surface area (Å²) >= 11 is 6.09. The summed E-state index contributed by atoms with van der Waals surface area (Å²) in [5.41, 5.74) is 1.69. The molecule has 1 unspecified atom stereocenters. The Morgan fingerprint density at radius 2 is 2.02 bits per heavy atom. The number of hydrogen-bond donors (Lipinski definition) is 2. The van der Waals surface area contributed by atoms with Crippen LogP contribution in [0.2, 0.25) is 5.02 Å². The average molecular weight is 571 g/mol. The van der Waals surface area contributed by atoms with Crippen LogP contribution in [0.4, 0.5) is 14.9 Å². The number of nitrogens with zero attached hydrogens (tertiary/aromatic N) is 2. The van der Waals surface area contributed by atoms with Crippen LogP contribution in [0.15, 0.2) is 60.5 Å². The molecule has 2 aromatic rings. The van der Waals surface area contributed by atoms with Crippen LogP contribution in [0, 0.1) is 0 Å². The highest BCUT2D eigenvalue weighted by atomic mass is 35.5. The molecule has 2 N–H and O–H groups in total. The molecule has 0 bridgehead atoms. The van der Waals surface area contributed by atoms with Crippen LogP contribution in [0.1, 0.15) is 48.2 Å². The van der Waals surface area contributed by atoms with Crippen molar-refractivity contribution >= 4 is 34.9 Å². The molecule has 0 spiro atoms. The predicted octanol–water partition coefficient (Wildman–Crippen LogP) is 6.58. The minimum Gasteiger partial charge on any atom is -0.507 e. The molecule has 1 aliphatic carbocycles. The zero-order valence-corrected chi connectivity index (χ0v) is 23.4. The molecule has 0 radical (unpaired) electrons. The Hall–Kier alpha value is -3.82. The molecule has 1 atom stereocenters. The molecule has 2 aliphatic rings. The van der Waals surface area contributed by atoms with Gasteiger partial charge in [0, 0.05) is 25.2 Å². The van der Waals surface area contributed by atoms with Crippen molar-refractivity contribution in [1.82, 2.24) is 4.90 Å². The summed E-state index contributed by atoms with van der Waals surface area (Å²) in [6, 6.07) is 7.91. The highest BCUT2D eigenvalue weighted by molar-refractivity contribution is 6.33. The van der Waals surface area contributed by atoms with E-state index in [9.17, 15) is 24.2 Å². The Labute approximate surface area is 237 Å². The van der Waals surface area contributed by atoms with E-state index in [2.05, 4.69) is 4.90 Å². The summed E-state index contributed by atoms with van der Waals surface area (Å²) in [7, 11) is 1.93. The molecule has 2 aromatic carbocycles. The van der Waals surface area contributed by atoms with Crippen LogP contribution in [0.5, 0.6) is 11.5 Å². The Morgan fingerprint density at radius 1 is 1.25 bits per heavy atom. The minimum atomic E-state index is -1.14. The Morgan fingerprint density at radius 3 is 2.73 bits per heavy atom. The van der Waals surface area contributed by atoms with Gasteiger partial charge in [-0.1, -0.05) is 23.8 Å². The minimum absolute atomic E-state index is 0.0396. The van der Waals surface area contributed by atoms with Crippen molar-refractivity contribution < 1.29 is 33.7 Å². The number of carboxylic acids is 1. The van der Waals surface area contributed by atoms with E-state index in [4.69, 9.17) is 21.1 Å². The number of allylic oxidation sites excluding steroid dienone is 6. The smallest absolute Gasteiger partial charge is 0.415 e. The Kier molecular flexibility index (Phi) is 8.85. The SMILES string of the molecule is CCOc1cc(CN(C)CCC2(C)CN(c3ccc(C(=O)O)c(Cl)c3)C(=O)O2)cc(O)c1C1=CCC=C(F)C=C1. The molecule has 4 rings (SSSR count). The number of carbonyl (C=O) groups excluding carboxylic acids is 1. The fraction of sp³-hybridized carbons (Fsp3) is 0.333. The fourth-order valence-corrected chi connectivity index (χ4v) is 5.04. The number of aromatic hydroxyl groups is 1. The molecular formula is C30H32ClFN2O6. The van der Waals surface area contributed by atoms with Gasteiger partial charge < -0.3 is 24.6 Å². The molecule has 1 amide bonds. The van der Waals surface area contributed by atoms with Gasteiger partial charge in [-0.15, -0.1) is 0 Å². The number of rotatable bonds is 10. The lowest BCUT2D eigenvalue weighted by molar-refractivity contribution is 0.0567. The molecule has 0 saturated carbocycles. The fourth-order valence-electron chi connectivity index (χ4n) is 4.78. The number of halogens is 2. The van der Waals surface area contributed by atoms with Crippen molar-refractivity contribution in [3.8, 4) is 11.5 Å². The second-order valence-electron chi connectivity index (χ2n) is 10.1. The number of amides is 1. The maximum Gasteiger partial charge on any atom is 0.415 e. The molecule has 10 heteroatoms. The van der Waals surface area contributed by atoms with Crippen molar-refractivity contribution in [2.45, 2.75) is 38.8 Å². The topological polar surface area (TPSA) is 99.5 Å². The Bertz CT molecular complexity index is 1400. The zero-order valence-electron chi connectivity index (χ0n) is 22.6. The third-order valence-electron chi connectivity index (χ3n) is 6.82. The number of carboxylic acid groups (broad SMARTS) is 1. The van der Waals surface area contributed by atoms with Crippen LogP contribution in [0.25, 0.3) is 5.57 Å². The first-order valence-corrected chi connectivity index (χ1v) is 13.3.